The Morgan fingerprint density at radius 1 is 1.03 bits per heavy atom. The molecular formula is C22H27N3O4. The number of hydrogen-bond donors (Lipinski definition) is 2. The van der Waals surface area contributed by atoms with E-state index >= 15 is 0 Å². The largest absolute Gasteiger partial charge is 0.493 e. The van der Waals surface area contributed by atoms with Gasteiger partial charge in [-0.05, 0) is 42.7 Å². The number of anilines is 2. The normalized spacial score (nSPS) is 17.4. The lowest BCUT2D eigenvalue weighted by molar-refractivity contribution is 0.123. The van der Waals surface area contributed by atoms with Crippen LogP contribution in [-0.2, 0) is 10.3 Å². The maximum absolute atomic E-state index is 12.8. The SMILES string of the molecule is COc1ccc(C2(NC(=O)Nc3ccccc3N3CCOCC3)CC2)cc1OC. The molecule has 2 N–H and O–H groups in total. The first-order chi connectivity index (χ1) is 14.1. The zero-order valence-corrected chi connectivity index (χ0v) is 16.9. The number of hydrogen-bond acceptors (Lipinski definition) is 5. The van der Waals surface area contributed by atoms with Crippen LogP contribution in [-0.4, -0.2) is 46.6 Å². The molecule has 2 amide bonds. The van der Waals surface area contributed by atoms with Gasteiger partial charge in [-0.1, -0.05) is 18.2 Å². The highest BCUT2D eigenvalue weighted by atomic mass is 16.5. The van der Waals surface area contributed by atoms with Crippen molar-refractivity contribution in [3.63, 3.8) is 0 Å². The summed E-state index contributed by atoms with van der Waals surface area (Å²) in [6.45, 7) is 3.03. The van der Waals surface area contributed by atoms with Crippen LogP contribution in [0.25, 0.3) is 0 Å². The number of urea groups is 1. The molecule has 0 spiro atoms. The van der Waals surface area contributed by atoms with E-state index in [9.17, 15) is 4.79 Å². The molecule has 4 rings (SSSR count). The van der Waals surface area contributed by atoms with Gasteiger partial charge in [-0.25, -0.2) is 4.79 Å². The molecule has 7 heteroatoms. The third kappa shape index (κ3) is 4.10. The lowest BCUT2D eigenvalue weighted by Crippen LogP contribution is -2.39. The Morgan fingerprint density at radius 2 is 1.76 bits per heavy atom. The van der Waals surface area contributed by atoms with Crippen LogP contribution in [0.2, 0.25) is 0 Å². The summed E-state index contributed by atoms with van der Waals surface area (Å²) in [6, 6.07) is 13.5. The van der Waals surface area contributed by atoms with Crippen LogP contribution in [0.15, 0.2) is 42.5 Å². The first-order valence-electron chi connectivity index (χ1n) is 9.88. The van der Waals surface area contributed by atoms with Gasteiger partial charge in [0.05, 0.1) is 44.3 Å². The number of carbonyl (C=O) groups excluding carboxylic acids is 1. The third-order valence-electron chi connectivity index (χ3n) is 5.54. The summed E-state index contributed by atoms with van der Waals surface area (Å²) in [5, 5.41) is 6.20. The van der Waals surface area contributed by atoms with E-state index in [4.69, 9.17) is 14.2 Å². The molecule has 0 unspecified atom stereocenters. The van der Waals surface area contributed by atoms with Crippen LogP contribution in [0.5, 0.6) is 11.5 Å². The lowest BCUT2D eigenvalue weighted by Gasteiger charge is -2.30. The highest BCUT2D eigenvalue weighted by Gasteiger charge is 2.46. The van der Waals surface area contributed by atoms with E-state index in [1.54, 1.807) is 14.2 Å². The van der Waals surface area contributed by atoms with E-state index in [-0.39, 0.29) is 11.6 Å². The number of rotatable bonds is 6. The van der Waals surface area contributed by atoms with Crippen LogP contribution >= 0.6 is 0 Å². The van der Waals surface area contributed by atoms with Gasteiger partial charge >= 0.3 is 6.03 Å². The summed E-state index contributed by atoms with van der Waals surface area (Å²) in [4.78, 5) is 15.1. The predicted molar refractivity (Wildman–Crippen MR) is 112 cm³/mol. The van der Waals surface area contributed by atoms with Gasteiger partial charge in [0.15, 0.2) is 11.5 Å². The first-order valence-corrected chi connectivity index (χ1v) is 9.88. The van der Waals surface area contributed by atoms with Gasteiger partial charge < -0.3 is 29.7 Å². The fraction of sp³-hybridized carbons (Fsp3) is 0.409. The Hall–Kier alpha value is -2.93. The van der Waals surface area contributed by atoms with Crippen molar-refractivity contribution in [1.82, 2.24) is 5.32 Å². The van der Waals surface area contributed by atoms with Gasteiger partial charge in [0.2, 0.25) is 0 Å². The Balaban J connectivity index is 1.48. The second-order valence-corrected chi connectivity index (χ2v) is 7.35. The van der Waals surface area contributed by atoms with Crippen molar-refractivity contribution >= 4 is 17.4 Å². The van der Waals surface area contributed by atoms with E-state index in [1.165, 1.54) is 0 Å². The fourth-order valence-electron chi connectivity index (χ4n) is 3.77. The molecule has 1 saturated carbocycles. The van der Waals surface area contributed by atoms with E-state index < -0.39 is 0 Å². The molecule has 2 aliphatic rings. The van der Waals surface area contributed by atoms with E-state index in [0.29, 0.717) is 24.7 Å². The Kier molecular flexibility index (Phi) is 5.49. The van der Waals surface area contributed by atoms with E-state index in [2.05, 4.69) is 15.5 Å². The topological polar surface area (TPSA) is 72.1 Å². The second kappa shape index (κ2) is 8.21. The number of amides is 2. The molecule has 2 aromatic carbocycles. The molecule has 0 bridgehead atoms. The maximum atomic E-state index is 12.8. The molecule has 1 aliphatic heterocycles. The zero-order valence-electron chi connectivity index (χ0n) is 16.9. The van der Waals surface area contributed by atoms with Gasteiger partial charge in [0.1, 0.15) is 0 Å². The summed E-state index contributed by atoms with van der Waals surface area (Å²) >= 11 is 0. The fourth-order valence-corrected chi connectivity index (χ4v) is 3.77. The monoisotopic (exact) mass is 397 g/mol. The quantitative estimate of drug-likeness (QED) is 0.782. The summed E-state index contributed by atoms with van der Waals surface area (Å²) < 4.78 is 16.2. The molecule has 29 heavy (non-hydrogen) atoms. The molecule has 1 heterocycles. The van der Waals surface area contributed by atoms with Crippen LogP contribution < -0.4 is 25.0 Å². The molecule has 7 nitrogen and oxygen atoms in total. The summed E-state index contributed by atoms with van der Waals surface area (Å²) in [5.41, 5.74) is 2.47. The predicted octanol–water partition coefficient (Wildman–Crippen LogP) is 3.35. The zero-order chi connectivity index (χ0) is 20.3. The standard InChI is InChI=1S/C22H27N3O4/c1-27-19-8-7-16(15-20(19)28-2)22(9-10-22)24-21(26)23-17-5-3-4-6-18(17)25-11-13-29-14-12-25/h3-8,15H,9-14H2,1-2H3,(H2,23,24,26). The summed E-state index contributed by atoms with van der Waals surface area (Å²) in [7, 11) is 3.23. The number of para-hydroxylation sites is 2. The molecule has 2 fully saturated rings. The van der Waals surface area contributed by atoms with Crippen molar-refractivity contribution in [1.29, 1.82) is 0 Å². The average molecular weight is 397 g/mol. The molecule has 0 atom stereocenters. The minimum Gasteiger partial charge on any atom is -0.493 e. The number of ether oxygens (including phenoxy) is 3. The number of benzene rings is 2. The number of carbonyl (C=O) groups is 1. The summed E-state index contributed by atoms with van der Waals surface area (Å²) in [6.07, 6.45) is 1.78. The van der Waals surface area contributed by atoms with Crippen molar-refractivity contribution in [3.8, 4) is 11.5 Å². The van der Waals surface area contributed by atoms with Gasteiger partial charge in [-0.2, -0.15) is 0 Å². The Morgan fingerprint density at radius 3 is 2.45 bits per heavy atom. The minimum absolute atomic E-state index is 0.210. The number of morpholine rings is 1. The maximum Gasteiger partial charge on any atom is 0.319 e. The highest BCUT2D eigenvalue weighted by Crippen LogP contribution is 2.47. The van der Waals surface area contributed by atoms with Crippen molar-refractivity contribution in [2.45, 2.75) is 18.4 Å². The molecular weight excluding hydrogens is 370 g/mol. The second-order valence-electron chi connectivity index (χ2n) is 7.35. The molecule has 154 valence electrons. The average Bonchev–Trinajstić information content (AvgIpc) is 3.54. The van der Waals surface area contributed by atoms with Gasteiger partial charge in [0.25, 0.3) is 0 Å². The first kappa shape index (κ1) is 19.4. The van der Waals surface area contributed by atoms with Crippen molar-refractivity contribution < 1.29 is 19.0 Å². The van der Waals surface area contributed by atoms with Crippen molar-refractivity contribution in [2.75, 3.05) is 50.7 Å². The molecule has 0 radical (unpaired) electrons. The van der Waals surface area contributed by atoms with Gasteiger partial charge in [-0.15, -0.1) is 0 Å². The van der Waals surface area contributed by atoms with Gasteiger partial charge in [-0.3, -0.25) is 0 Å². The lowest BCUT2D eigenvalue weighted by atomic mass is 10.0. The van der Waals surface area contributed by atoms with E-state index in [1.807, 2.05) is 42.5 Å². The smallest absolute Gasteiger partial charge is 0.319 e. The van der Waals surface area contributed by atoms with Crippen LogP contribution in [0.3, 0.4) is 0 Å². The number of methoxy groups -OCH3 is 2. The number of nitrogens with zero attached hydrogens (tertiary/aromatic N) is 1. The minimum atomic E-state index is -0.364. The van der Waals surface area contributed by atoms with Crippen LogP contribution in [0.1, 0.15) is 18.4 Å². The van der Waals surface area contributed by atoms with Crippen molar-refractivity contribution in [2.24, 2.45) is 0 Å². The molecule has 1 aliphatic carbocycles. The Bertz CT molecular complexity index is 876. The number of nitrogens with one attached hydrogen (secondary N) is 2. The Labute approximate surface area is 170 Å². The van der Waals surface area contributed by atoms with Gasteiger partial charge in [0, 0.05) is 13.1 Å². The van der Waals surface area contributed by atoms with Crippen molar-refractivity contribution in [3.05, 3.63) is 48.0 Å². The van der Waals surface area contributed by atoms with E-state index in [0.717, 1.165) is 42.9 Å². The third-order valence-corrected chi connectivity index (χ3v) is 5.54. The van der Waals surface area contributed by atoms with Crippen LogP contribution in [0, 0.1) is 0 Å². The van der Waals surface area contributed by atoms with Crippen LogP contribution in [0.4, 0.5) is 16.2 Å². The molecule has 0 aromatic heterocycles. The summed E-state index contributed by atoms with van der Waals surface area (Å²) in [5.74, 6) is 1.34. The molecule has 2 aromatic rings. The highest BCUT2D eigenvalue weighted by molar-refractivity contribution is 5.94. The molecule has 1 saturated heterocycles.